The maximum atomic E-state index is 10.4. The molecule has 0 N–H and O–H groups in total. The van der Waals surface area contributed by atoms with E-state index in [0.29, 0.717) is 19.8 Å². The number of rotatable bonds is 7. The fraction of sp³-hybridized carbons (Fsp3) is 0.412. The number of ether oxygens (including phenoxy) is 2. The van der Waals surface area contributed by atoms with Gasteiger partial charge in [-0.25, -0.2) is 0 Å². The van der Waals surface area contributed by atoms with Gasteiger partial charge in [0.15, 0.2) is 0 Å². The molecular formula is C17H25O5P. The Bertz CT molecular complexity index is 607. The van der Waals surface area contributed by atoms with Gasteiger partial charge >= 0.3 is 8.25 Å². The quantitative estimate of drug-likeness (QED) is 0.697. The van der Waals surface area contributed by atoms with Crippen molar-refractivity contribution in [3.8, 4) is 5.75 Å². The van der Waals surface area contributed by atoms with Crippen LogP contribution in [0.2, 0.25) is 0 Å². The number of benzene rings is 2. The van der Waals surface area contributed by atoms with Crippen LogP contribution in [0, 0.1) is 0 Å². The lowest BCUT2D eigenvalue weighted by Gasteiger charge is -2.07. The van der Waals surface area contributed by atoms with Crippen molar-refractivity contribution in [1.29, 1.82) is 0 Å². The highest BCUT2D eigenvalue weighted by Crippen LogP contribution is 2.24. The van der Waals surface area contributed by atoms with E-state index in [1.165, 1.54) is 16.3 Å². The van der Waals surface area contributed by atoms with Gasteiger partial charge in [0, 0.05) is 7.11 Å². The lowest BCUT2D eigenvalue weighted by Crippen LogP contribution is -1.89. The van der Waals surface area contributed by atoms with E-state index in [-0.39, 0.29) is 0 Å². The molecule has 0 bridgehead atoms. The lowest BCUT2D eigenvalue weighted by atomic mass is 10.0. The van der Waals surface area contributed by atoms with E-state index in [4.69, 9.17) is 9.47 Å². The van der Waals surface area contributed by atoms with Crippen LogP contribution in [0.15, 0.2) is 36.4 Å². The second kappa shape index (κ2) is 11.2. The maximum Gasteiger partial charge on any atom is 0.319 e. The molecule has 0 unspecified atom stereocenters. The molecule has 0 fully saturated rings. The van der Waals surface area contributed by atoms with Gasteiger partial charge in [0.05, 0.1) is 26.9 Å². The van der Waals surface area contributed by atoms with Crippen LogP contribution in [0.3, 0.4) is 0 Å². The highest BCUT2D eigenvalue weighted by atomic mass is 31.1. The Hall–Kier alpha value is -1.39. The summed E-state index contributed by atoms with van der Waals surface area (Å²) in [5.41, 5.74) is 1.21. The molecule has 23 heavy (non-hydrogen) atoms. The van der Waals surface area contributed by atoms with Gasteiger partial charge in [-0.3, -0.25) is 4.57 Å². The van der Waals surface area contributed by atoms with E-state index >= 15 is 0 Å². The van der Waals surface area contributed by atoms with Crippen molar-refractivity contribution in [1.82, 2.24) is 0 Å². The number of fused-ring (bicyclic) bond motifs is 1. The van der Waals surface area contributed by atoms with Crippen LogP contribution in [0.1, 0.15) is 19.4 Å². The largest absolute Gasteiger partial charge is 0.497 e. The summed E-state index contributed by atoms with van der Waals surface area (Å²) < 4.78 is 29.9. The zero-order valence-electron chi connectivity index (χ0n) is 14.1. The maximum absolute atomic E-state index is 10.4. The Morgan fingerprint density at radius 1 is 1.00 bits per heavy atom. The summed E-state index contributed by atoms with van der Waals surface area (Å²) in [7, 11) is 1.25. The summed E-state index contributed by atoms with van der Waals surface area (Å²) in [6.07, 6.45) is 0. The molecule has 0 saturated carbocycles. The molecule has 0 spiro atoms. The van der Waals surface area contributed by atoms with Gasteiger partial charge in [-0.2, -0.15) is 0 Å². The Labute approximate surface area is 138 Å². The van der Waals surface area contributed by atoms with Crippen molar-refractivity contribution in [2.75, 3.05) is 27.4 Å². The summed E-state index contributed by atoms with van der Waals surface area (Å²) in [5.74, 6) is 0.886. The standard InChI is InChI=1S/C13H14O2.C4H11O3P/c1-14-9-11-5-3-4-10-8-12(15-2)6-7-13(10)11;1-3-6-8(5)7-4-2/h3-8H,9H2,1-2H3;8H,3-4H2,1-2H3. The highest BCUT2D eigenvalue weighted by Gasteiger charge is 2.01. The summed E-state index contributed by atoms with van der Waals surface area (Å²) in [5, 5.41) is 2.41. The molecule has 6 heteroatoms. The molecule has 2 aromatic rings. The number of methoxy groups -OCH3 is 2. The molecule has 2 aromatic carbocycles. The average molecular weight is 340 g/mol. The van der Waals surface area contributed by atoms with Crippen molar-refractivity contribution in [3.63, 3.8) is 0 Å². The molecule has 0 radical (unpaired) electrons. The first-order valence-electron chi connectivity index (χ1n) is 7.50. The molecule has 0 saturated heterocycles. The SMILES string of the molecule is CCO[PH](=O)OCC.COCc1cccc2cc(OC)ccc12. The Kier molecular flexibility index (Phi) is 9.57. The van der Waals surface area contributed by atoms with Crippen LogP contribution < -0.4 is 4.74 Å². The van der Waals surface area contributed by atoms with Crippen molar-refractivity contribution < 1.29 is 23.1 Å². The summed E-state index contributed by atoms with van der Waals surface area (Å²) in [4.78, 5) is 0. The zero-order valence-corrected chi connectivity index (χ0v) is 15.1. The predicted molar refractivity (Wildman–Crippen MR) is 93.5 cm³/mol. The van der Waals surface area contributed by atoms with Gasteiger partial charge in [-0.05, 0) is 42.3 Å². The smallest absolute Gasteiger partial charge is 0.319 e. The minimum absolute atomic E-state index is 0.456. The molecule has 0 aromatic heterocycles. The van der Waals surface area contributed by atoms with Gasteiger partial charge in [0.25, 0.3) is 0 Å². The van der Waals surface area contributed by atoms with Crippen LogP contribution in [0.4, 0.5) is 0 Å². The van der Waals surface area contributed by atoms with Gasteiger partial charge in [0.2, 0.25) is 0 Å². The van der Waals surface area contributed by atoms with Crippen LogP contribution in [0.5, 0.6) is 5.75 Å². The predicted octanol–water partition coefficient (Wildman–Crippen LogP) is 4.44. The van der Waals surface area contributed by atoms with Gasteiger partial charge in [-0.1, -0.05) is 24.3 Å². The fourth-order valence-corrected chi connectivity index (χ4v) is 2.57. The van der Waals surface area contributed by atoms with E-state index in [2.05, 4.69) is 27.2 Å². The van der Waals surface area contributed by atoms with Gasteiger partial charge < -0.3 is 18.5 Å². The minimum Gasteiger partial charge on any atom is -0.497 e. The Morgan fingerprint density at radius 2 is 1.70 bits per heavy atom. The number of hydrogen-bond acceptors (Lipinski definition) is 5. The third-order valence-electron chi connectivity index (χ3n) is 3.00. The van der Waals surface area contributed by atoms with Gasteiger partial charge in [-0.15, -0.1) is 0 Å². The topological polar surface area (TPSA) is 54.0 Å². The van der Waals surface area contributed by atoms with E-state index < -0.39 is 8.25 Å². The van der Waals surface area contributed by atoms with Crippen molar-refractivity contribution in [3.05, 3.63) is 42.0 Å². The first kappa shape index (κ1) is 19.7. The van der Waals surface area contributed by atoms with E-state index in [0.717, 1.165) is 5.75 Å². The molecule has 0 heterocycles. The molecule has 128 valence electrons. The molecular weight excluding hydrogens is 315 g/mol. The second-order valence-electron chi connectivity index (χ2n) is 4.55. The van der Waals surface area contributed by atoms with Crippen LogP contribution >= 0.6 is 8.25 Å². The van der Waals surface area contributed by atoms with Gasteiger partial charge in [0.1, 0.15) is 5.75 Å². The first-order valence-corrected chi connectivity index (χ1v) is 8.72. The third-order valence-corrected chi connectivity index (χ3v) is 4.05. The molecule has 0 aliphatic carbocycles. The van der Waals surface area contributed by atoms with Crippen molar-refractivity contribution >= 4 is 19.0 Å². The fourth-order valence-electron chi connectivity index (χ4n) is 2.01. The third kappa shape index (κ3) is 6.71. The Morgan fingerprint density at radius 3 is 2.26 bits per heavy atom. The Balaban J connectivity index is 0.000000284. The summed E-state index contributed by atoms with van der Waals surface area (Å²) in [6.45, 7) is 5.11. The van der Waals surface area contributed by atoms with Crippen LogP contribution in [-0.4, -0.2) is 27.4 Å². The van der Waals surface area contributed by atoms with Crippen LogP contribution in [-0.2, 0) is 25.0 Å². The minimum atomic E-state index is -2.14. The highest BCUT2D eigenvalue weighted by molar-refractivity contribution is 7.33. The molecule has 0 atom stereocenters. The number of hydrogen-bond donors (Lipinski definition) is 0. The molecule has 2 rings (SSSR count). The summed E-state index contributed by atoms with van der Waals surface area (Å²) >= 11 is 0. The van der Waals surface area contributed by atoms with E-state index in [1.54, 1.807) is 28.1 Å². The zero-order chi connectivity index (χ0) is 17.1. The van der Waals surface area contributed by atoms with E-state index in [1.807, 2.05) is 18.2 Å². The van der Waals surface area contributed by atoms with Crippen molar-refractivity contribution in [2.24, 2.45) is 0 Å². The molecule has 5 nitrogen and oxygen atoms in total. The first-order chi connectivity index (χ1) is 11.2. The lowest BCUT2D eigenvalue weighted by molar-refractivity contribution is 0.186. The summed E-state index contributed by atoms with van der Waals surface area (Å²) in [6, 6.07) is 12.3. The van der Waals surface area contributed by atoms with Crippen LogP contribution in [0.25, 0.3) is 10.8 Å². The molecule has 0 aliphatic rings. The van der Waals surface area contributed by atoms with Crippen molar-refractivity contribution in [2.45, 2.75) is 20.5 Å². The molecule has 0 amide bonds. The van der Waals surface area contributed by atoms with E-state index in [9.17, 15) is 4.57 Å². The molecule has 0 aliphatic heterocycles. The average Bonchev–Trinajstić information content (AvgIpc) is 2.56. The monoisotopic (exact) mass is 340 g/mol. The normalized spacial score (nSPS) is 10.5. The second-order valence-corrected chi connectivity index (χ2v) is 5.63.